The number of aryl methyl sites for hydroxylation is 1. The van der Waals surface area contributed by atoms with E-state index in [0.29, 0.717) is 12.1 Å². The molecule has 0 aromatic carbocycles. The number of carbonyl (C=O) groups is 1. The van der Waals surface area contributed by atoms with Gasteiger partial charge in [0, 0.05) is 25.1 Å². The van der Waals surface area contributed by atoms with Crippen molar-refractivity contribution in [2.24, 2.45) is 0 Å². The monoisotopic (exact) mass is 432 g/mol. The molecule has 8 nitrogen and oxygen atoms in total. The zero-order chi connectivity index (χ0) is 21.2. The lowest BCUT2D eigenvalue weighted by atomic mass is 10.2. The molecular weight excluding hydrogens is 417 g/mol. The maximum absolute atomic E-state index is 13.0. The molecule has 1 amide bonds. The number of amides is 1. The van der Waals surface area contributed by atoms with Crippen LogP contribution in [-0.4, -0.2) is 27.2 Å². The van der Waals surface area contributed by atoms with Crippen molar-refractivity contribution >= 4 is 29.5 Å². The third-order valence-electron chi connectivity index (χ3n) is 4.20. The van der Waals surface area contributed by atoms with Crippen LogP contribution in [0.4, 0.5) is 19.1 Å². The van der Waals surface area contributed by atoms with Crippen LogP contribution < -0.4 is 5.32 Å². The van der Waals surface area contributed by atoms with Crippen LogP contribution in [0, 0.1) is 10.1 Å². The summed E-state index contributed by atoms with van der Waals surface area (Å²) in [5.41, 5.74) is -0.690. The molecule has 1 fully saturated rings. The van der Waals surface area contributed by atoms with Crippen LogP contribution in [0.3, 0.4) is 0 Å². The molecule has 2 aromatic heterocycles. The molecule has 29 heavy (non-hydrogen) atoms. The number of nitrogens with one attached hydrogen (secondary N) is 1. The Morgan fingerprint density at radius 2 is 2.17 bits per heavy atom. The van der Waals surface area contributed by atoms with Gasteiger partial charge in [-0.1, -0.05) is 11.6 Å². The Morgan fingerprint density at radius 1 is 1.45 bits per heavy atom. The number of hydrogen-bond acceptors (Lipinski definition) is 5. The third-order valence-corrected chi connectivity index (χ3v) is 4.57. The molecule has 1 N–H and O–H groups in total. The van der Waals surface area contributed by atoms with Gasteiger partial charge in [0.05, 0.1) is 16.8 Å². The van der Waals surface area contributed by atoms with E-state index in [2.05, 4.69) is 10.4 Å². The van der Waals surface area contributed by atoms with Crippen molar-refractivity contribution in [3.8, 4) is 0 Å². The fraction of sp³-hybridized carbons (Fsp3) is 0.412. The minimum Gasteiger partial charge on any atom is -0.401 e. The molecule has 1 aliphatic rings. The second-order valence-electron chi connectivity index (χ2n) is 6.45. The maximum atomic E-state index is 13.0. The molecule has 12 heteroatoms. The Hall–Kier alpha value is -2.82. The number of carbonyl (C=O) groups excluding carboxylic acids is 1. The number of nitro groups is 1. The van der Waals surface area contributed by atoms with E-state index < -0.39 is 28.6 Å². The molecule has 1 aliphatic carbocycles. The van der Waals surface area contributed by atoms with E-state index in [1.165, 1.54) is 22.9 Å². The molecule has 0 saturated heterocycles. The predicted molar refractivity (Wildman–Crippen MR) is 96.2 cm³/mol. The van der Waals surface area contributed by atoms with E-state index in [-0.39, 0.29) is 29.8 Å². The first-order valence-corrected chi connectivity index (χ1v) is 9.08. The van der Waals surface area contributed by atoms with Crippen molar-refractivity contribution < 1.29 is 27.3 Å². The van der Waals surface area contributed by atoms with Crippen molar-refractivity contribution in [1.82, 2.24) is 15.1 Å². The van der Waals surface area contributed by atoms with Gasteiger partial charge in [0.25, 0.3) is 0 Å². The van der Waals surface area contributed by atoms with Gasteiger partial charge in [-0.2, -0.15) is 18.3 Å². The highest BCUT2D eigenvalue weighted by Gasteiger charge is 2.41. The van der Waals surface area contributed by atoms with Gasteiger partial charge in [0.15, 0.2) is 5.69 Å². The van der Waals surface area contributed by atoms with Gasteiger partial charge in [-0.15, -0.1) is 0 Å². The molecule has 0 radical (unpaired) electrons. The summed E-state index contributed by atoms with van der Waals surface area (Å²) in [5, 5.41) is 16.4. The highest BCUT2D eigenvalue weighted by Crippen LogP contribution is 2.46. The SMILES string of the molecule is O=C(/C=C/c1ccc([N+](=O)[O-])o1)NCCCn1nc(C(F)(F)F)c(Cl)c1C1CC1. The van der Waals surface area contributed by atoms with Crippen LogP contribution in [0.1, 0.15) is 42.3 Å². The highest BCUT2D eigenvalue weighted by atomic mass is 35.5. The van der Waals surface area contributed by atoms with Gasteiger partial charge in [-0.05, 0) is 31.4 Å². The Bertz CT molecular complexity index is 947. The van der Waals surface area contributed by atoms with Crippen LogP contribution in [0.25, 0.3) is 6.08 Å². The van der Waals surface area contributed by atoms with Crippen LogP contribution in [0.15, 0.2) is 22.6 Å². The number of nitrogens with zero attached hydrogens (tertiary/aromatic N) is 3. The van der Waals surface area contributed by atoms with Gasteiger partial charge in [0.2, 0.25) is 5.91 Å². The summed E-state index contributed by atoms with van der Waals surface area (Å²) in [6.45, 7) is 0.375. The first-order valence-electron chi connectivity index (χ1n) is 8.70. The van der Waals surface area contributed by atoms with Gasteiger partial charge < -0.3 is 9.73 Å². The average Bonchev–Trinajstić information content (AvgIpc) is 3.24. The molecule has 2 heterocycles. The highest BCUT2D eigenvalue weighted by molar-refractivity contribution is 6.32. The van der Waals surface area contributed by atoms with Crippen molar-refractivity contribution in [3.63, 3.8) is 0 Å². The summed E-state index contributed by atoms with van der Waals surface area (Å²) in [6, 6.07) is 2.51. The van der Waals surface area contributed by atoms with Crippen molar-refractivity contribution in [1.29, 1.82) is 0 Å². The summed E-state index contributed by atoms with van der Waals surface area (Å²) >= 11 is 5.90. The van der Waals surface area contributed by atoms with E-state index >= 15 is 0 Å². The number of alkyl halides is 3. The van der Waals surface area contributed by atoms with Crippen molar-refractivity contribution in [2.75, 3.05) is 6.54 Å². The van der Waals surface area contributed by atoms with E-state index in [4.69, 9.17) is 16.0 Å². The number of halogens is 4. The van der Waals surface area contributed by atoms with E-state index in [1.807, 2.05) is 0 Å². The van der Waals surface area contributed by atoms with Crippen LogP contribution in [0.2, 0.25) is 5.02 Å². The normalized spacial score (nSPS) is 14.5. The Labute approximate surface area is 167 Å². The van der Waals surface area contributed by atoms with E-state index in [9.17, 15) is 28.1 Å². The molecule has 156 valence electrons. The molecular formula is C17H16ClF3N4O4. The molecule has 1 saturated carbocycles. The summed E-state index contributed by atoms with van der Waals surface area (Å²) in [7, 11) is 0. The lowest BCUT2D eigenvalue weighted by Crippen LogP contribution is -2.23. The largest absolute Gasteiger partial charge is 0.436 e. The first kappa shape index (κ1) is 20.9. The van der Waals surface area contributed by atoms with Gasteiger partial charge in [0.1, 0.15) is 10.7 Å². The van der Waals surface area contributed by atoms with Crippen molar-refractivity contribution in [2.45, 2.75) is 37.9 Å². The average molecular weight is 433 g/mol. The zero-order valence-electron chi connectivity index (χ0n) is 14.9. The minimum atomic E-state index is -4.62. The van der Waals surface area contributed by atoms with Crippen LogP contribution in [0.5, 0.6) is 0 Å². The Kier molecular flexibility index (Phi) is 5.96. The summed E-state index contributed by atoms with van der Waals surface area (Å²) in [6.07, 6.45) is -0.307. The first-order chi connectivity index (χ1) is 13.7. The van der Waals surface area contributed by atoms with E-state index in [0.717, 1.165) is 18.9 Å². The molecule has 0 bridgehead atoms. The fourth-order valence-electron chi connectivity index (χ4n) is 2.74. The molecule has 3 rings (SSSR count). The molecule has 0 atom stereocenters. The van der Waals surface area contributed by atoms with Crippen LogP contribution >= 0.6 is 11.6 Å². The lowest BCUT2D eigenvalue weighted by molar-refractivity contribution is -0.402. The van der Waals surface area contributed by atoms with Crippen LogP contribution in [-0.2, 0) is 17.5 Å². The molecule has 0 unspecified atom stereocenters. The Balaban J connectivity index is 1.52. The maximum Gasteiger partial charge on any atom is 0.436 e. The molecule has 0 spiro atoms. The smallest absolute Gasteiger partial charge is 0.401 e. The quantitative estimate of drug-likeness (QED) is 0.292. The van der Waals surface area contributed by atoms with Gasteiger partial charge in [-0.3, -0.25) is 19.6 Å². The second-order valence-corrected chi connectivity index (χ2v) is 6.83. The summed E-state index contributed by atoms with van der Waals surface area (Å²) in [5.74, 6) is -0.777. The third kappa shape index (κ3) is 5.17. The minimum absolute atomic E-state index is 0.0130. The van der Waals surface area contributed by atoms with Gasteiger partial charge >= 0.3 is 12.1 Å². The van der Waals surface area contributed by atoms with Crippen molar-refractivity contribution in [3.05, 3.63) is 50.5 Å². The standard InChI is InChI=1S/C17H16ClF3N4O4/c18-14-15(10-2-3-10)24(23-16(14)17(19,20)21)9-1-8-22-12(26)6-4-11-5-7-13(29-11)25(27)28/h4-7,10H,1-3,8-9H2,(H,22,26)/b6-4+. The molecule has 0 aliphatic heterocycles. The molecule has 2 aromatic rings. The summed E-state index contributed by atoms with van der Waals surface area (Å²) < 4.78 is 45.2. The summed E-state index contributed by atoms with van der Waals surface area (Å²) in [4.78, 5) is 21.6. The number of hydrogen-bond donors (Lipinski definition) is 1. The topological polar surface area (TPSA) is 103 Å². The predicted octanol–water partition coefficient (Wildman–Crippen LogP) is 4.15. The fourth-order valence-corrected chi connectivity index (χ4v) is 3.14. The number of aromatic nitrogens is 2. The van der Waals surface area contributed by atoms with Gasteiger partial charge in [-0.25, -0.2) is 0 Å². The Morgan fingerprint density at radius 3 is 2.76 bits per heavy atom. The van der Waals surface area contributed by atoms with E-state index in [1.54, 1.807) is 0 Å². The second kappa shape index (κ2) is 8.27. The zero-order valence-corrected chi connectivity index (χ0v) is 15.7. The number of furan rings is 1. The lowest BCUT2D eigenvalue weighted by Gasteiger charge is -2.07. The number of rotatable bonds is 8.